The first-order valence-electron chi connectivity index (χ1n) is 5.21. The number of halogens is 3. The molecule has 0 aliphatic rings. The molecule has 5 heteroatoms. The summed E-state index contributed by atoms with van der Waals surface area (Å²) in [6, 6.07) is 10.7. The predicted octanol–water partition coefficient (Wildman–Crippen LogP) is 5.01. The number of rotatable bonds is 3. The second kappa shape index (κ2) is 5.93. The molecule has 94 valence electrons. The Kier molecular flexibility index (Phi) is 4.51. The Bertz CT molecular complexity index is 575. The van der Waals surface area contributed by atoms with Gasteiger partial charge in [0.05, 0.1) is 4.47 Å². The summed E-state index contributed by atoms with van der Waals surface area (Å²) in [7, 11) is 0. The van der Waals surface area contributed by atoms with Crippen molar-refractivity contribution in [3.05, 3.63) is 56.5 Å². The van der Waals surface area contributed by atoms with Crippen LogP contribution in [0.15, 0.2) is 40.9 Å². The van der Waals surface area contributed by atoms with E-state index in [1.165, 1.54) is 0 Å². The molecule has 0 atom stereocenters. The van der Waals surface area contributed by atoms with E-state index >= 15 is 0 Å². The van der Waals surface area contributed by atoms with Crippen LogP contribution in [-0.4, -0.2) is 0 Å². The quantitative estimate of drug-likeness (QED) is 0.848. The minimum absolute atomic E-state index is 0.362. The van der Waals surface area contributed by atoms with Crippen LogP contribution in [0, 0.1) is 0 Å². The summed E-state index contributed by atoms with van der Waals surface area (Å²) in [5, 5.41) is 1.28. The molecule has 0 heterocycles. The van der Waals surface area contributed by atoms with E-state index in [0.29, 0.717) is 28.1 Å². The van der Waals surface area contributed by atoms with Crippen molar-refractivity contribution in [2.24, 2.45) is 5.73 Å². The molecule has 0 aliphatic heterocycles. The summed E-state index contributed by atoms with van der Waals surface area (Å²) in [4.78, 5) is 0. The van der Waals surface area contributed by atoms with Gasteiger partial charge >= 0.3 is 0 Å². The second-order valence-corrected chi connectivity index (χ2v) is 5.36. The van der Waals surface area contributed by atoms with Crippen LogP contribution < -0.4 is 10.5 Å². The molecular formula is C13H10BrCl2NO. The Morgan fingerprint density at radius 1 is 1.00 bits per heavy atom. The predicted molar refractivity (Wildman–Crippen MR) is 78.6 cm³/mol. The highest BCUT2D eigenvalue weighted by Gasteiger charge is 2.07. The van der Waals surface area contributed by atoms with Crippen LogP contribution in [0.3, 0.4) is 0 Å². The SMILES string of the molecule is NCc1cc(Cl)ccc1Oc1ccc(Cl)cc1Br. The van der Waals surface area contributed by atoms with Gasteiger partial charge in [-0.1, -0.05) is 23.2 Å². The lowest BCUT2D eigenvalue weighted by atomic mass is 10.2. The minimum atomic E-state index is 0.362. The Morgan fingerprint density at radius 3 is 2.22 bits per heavy atom. The summed E-state index contributed by atoms with van der Waals surface area (Å²) in [6.07, 6.45) is 0. The van der Waals surface area contributed by atoms with Gasteiger partial charge < -0.3 is 10.5 Å². The van der Waals surface area contributed by atoms with Gasteiger partial charge in [0.2, 0.25) is 0 Å². The molecule has 0 saturated heterocycles. The van der Waals surface area contributed by atoms with E-state index in [9.17, 15) is 0 Å². The average Bonchev–Trinajstić information content (AvgIpc) is 2.34. The van der Waals surface area contributed by atoms with Crippen LogP contribution in [0.5, 0.6) is 11.5 Å². The van der Waals surface area contributed by atoms with Crippen LogP contribution in [0.2, 0.25) is 10.0 Å². The van der Waals surface area contributed by atoms with E-state index in [-0.39, 0.29) is 0 Å². The number of benzene rings is 2. The van der Waals surface area contributed by atoms with Crippen molar-refractivity contribution >= 4 is 39.1 Å². The monoisotopic (exact) mass is 345 g/mol. The molecule has 0 amide bonds. The van der Waals surface area contributed by atoms with Crippen molar-refractivity contribution in [3.8, 4) is 11.5 Å². The second-order valence-electron chi connectivity index (χ2n) is 3.63. The Hall–Kier alpha value is -0.740. The number of ether oxygens (including phenoxy) is 1. The molecule has 0 unspecified atom stereocenters. The summed E-state index contributed by atoms with van der Waals surface area (Å²) in [5.74, 6) is 1.36. The Labute approximate surface area is 124 Å². The summed E-state index contributed by atoms with van der Waals surface area (Å²) in [6.45, 7) is 0.362. The van der Waals surface area contributed by atoms with Crippen LogP contribution in [-0.2, 0) is 6.54 Å². The van der Waals surface area contributed by atoms with Crippen molar-refractivity contribution < 1.29 is 4.74 Å². The van der Waals surface area contributed by atoms with Crippen molar-refractivity contribution in [1.29, 1.82) is 0 Å². The van der Waals surface area contributed by atoms with Gasteiger partial charge in [-0.25, -0.2) is 0 Å². The van der Waals surface area contributed by atoms with Gasteiger partial charge in [-0.3, -0.25) is 0 Å². The standard InChI is InChI=1S/C13H10BrCl2NO/c14-11-6-10(16)2-4-13(11)18-12-3-1-9(15)5-8(12)7-17/h1-6H,7,17H2. The molecule has 2 aromatic carbocycles. The first kappa shape index (κ1) is 13.7. The zero-order valence-electron chi connectivity index (χ0n) is 9.29. The smallest absolute Gasteiger partial charge is 0.141 e. The molecule has 0 fully saturated rings. The van der Waals surface area contributed by atoms with Crippen LogP contribution in [0.1, 0.15) is 5.56 Å². The van der Waals surface area contributed by atoms with Crippen molar-refractivity contribution in [2.45, 2.75) is 6.54 Å². The highest BCUT2D eigenvalue weighted by Crippen LogP contribution is 2.34. The maximum atomic E-state index is 5.91. The normalized spacial score (nSPS) is 10.4. The fourth-order valence-corrected chi connectivity index (χ4v) is 2.44. The van der Waals surface area contributed by atoms with Crippen LogP contribution in [0.25, 0.3) is 0 Å². The largest absolute Gasteiger partial charge is 0.456 e. The van der Waals surface area contributed by atoms with Gasteiger partial charge in [0, 0.05) is 22.2 Å². The molecule has 2 aromatic rings. The molecule has 2 N–H and O–H groups in total. The highest BCUT2D eigenvalue weighted by molar-refractivity contribution is 9.10. The maximum Gasteiger partial charge on any atom is 0.141 e. The van der Waals surface area contributed by atoms with Gasteiger partial charge in [-0.05, 0) is 52.3 Å². The lowest BCUT2D eigenvalue weighted by Gasteiger charge is -2.11. The lowest BCUT2D eigenvalue weighted by molar-refractivity contribution is 0.473. The molecule has 0 saturated carbocycles. The molecule has 2 rings (SSSR count). The molecule has 0 aliphatic carbocycles. The van der Waals surface area contributed by atoms with E-state index in [1.54, 1.807) is 36.4 Å². The third kappa shape index (κ3) is 3.18. The van der Waals surface area contributed by atoms with Gasteiger partial charge in [0.15, 0.2) is 0 Å². The average molecular weight is 347 g/mol. The van der Waals surface area contributed by atoms with Gasteiger partial charge in [0.1, 0.15) is 11.5 Å². The molecule has 0 spiro atoms. The number of hydrogen-bond donors (Lipinski definition) is 1. The van der Waals surface area contributed by atoms with Gasteiger partial charge in [-0.15, -0.1) is 0 Å². The Morgan fingerprint density at radius 2 is 1.61 bits per heavy atom. The first-order valence-corrected chi connectivity index (χ1v) is 6.76. The first-order chi connectivity index (χ1) is 8.60. The molecule has 18 heavy (non-hydrogen) atoms. The van der Waals surface area contributed by atoms with Crippen LogP contribution >= 0.6 is 39.1 Å². The summed E-state index contributed by atoms with van der Waals surface area (Å²) < 4.78 is 6.58. The summed E-state index contributed by atoms with van der Waals surface area (Å²) >= 11 is 15.2. The lowest BCUT2D eigenvalue weighted by Crippen LogP contribution is -1.99. The van der Waals surface area contributed by atoms with Crippen molar-refractivity contribution in [3.63, 3.8) is 0 Å². The van der Waals surface area contributed by atoms with E-state index < -0.39 is 0 Å². The highest BCUT2D eigenvalue weighted by atomic mass is 79.9. The number of hydrogen-bond acceptors (Lipinski definition) is 2. The molecule has 0 radical (unpaired) electrons. The van der Waals surface area contributed by atoms with E-state index in [1.807, 2.05) is 0 Å². The third-order valence-electron chi connectivity index (χ3n) is 2.36. The van der Waals surface area contributed by atoms with Crippen LogP contribution in [0.4, 0.5) is 0 Å². The molecule has 0 aromatic heterocycles. The Balaban J connectivity index is 2.33. The fourth-order valence-electron chi connectivity index (χ4n) is 1.48. The number of nitrogens with two attached hydrogens (primary N) is 1. The minimum Gasteiger partial charge on any atom is -0.456 e. The van der Waals surface area contributed by atoms with E-state index in [4.69, 9.17) is 33.7 Å². The van der Waals surface area contributed by atoms with E-state index in [0.717, 1.165) is 10.0 Å². The molecular weight excluding hydrogens is 337 g/mol. The molecule has 2 nitrogen and oxygen atoms in total. The maximum absolute atomic E-state index is 5.91. The zero-order valence-corrected chi connectivity index (χ0v) is 12.4. The zero-order chi connectivity index (χ0) is 13.1. The third-order valence-corrected chi connectivity index (χ3v) is 3.45. The van der Waals surface area contributed by atoms with E-state index in [2.05, 4.69) is 15.9 Å². The summed E-state index contributed by atoms with van der Waals surface area (Å²) in [5.41, 5.74) is 6.52. The van der Waals surface area contributed by atoms with Crippen molar-refractivity contribution in [2.75, 3.05) is 0 Å². The fraction of sp³-hybridized carbons (Fsp3) is 0.0769. The molecule has 0 bridgehead atoms. The van der Waals surface area contributed by atoms with Gasteiger partial charge in [-0.2, -0.15) is 0 Å². The van der Waals surface area contributed by atoms with Crippen molar-refractivity contribution in [1.82, 2.24) is 0 Å². The topological polar surface area (TPSA) is 35.2 Å². The van der Waals surface area contributed by atoms with Gasteiger partial charge in [0.25, 0.3) is 0 Å².